The second-order valence-electron chi connectivity index (χ2n) is 1.82. The summed E-state index contributed by atoms with van der Waals surface area (Å²) in [6.07, 6.45) is 0. The third kappa shape index (κ3) is 1.45. The maximum absolute atomic E-state index is 4.88. The van der Waals surface area contributed by atoms with Gasteiger partial charge in [0.15, 0.2) is 5.88 Å². The molecule has 0 atom stereocenters. The van der Waals surface area contributed by atoms with Crippen LogP contribution in [-0.4, -0.2) is 13.0 Å². The number of pyridine rings is 1. The van der Waals surface area contributed by atoms with Crippen LogP contribution in [0.2, 0.25) is 0 Å². The van der Waals surface area contributed by atoms with Crippen LogP contribution < -0.4 is 4.65 Å². The topological polar surface area (TPSA) is 22.1 Å². The maximum atomic E-state index is 4.88. The highest BCUT2D eigenvalue weighted by molar-refractivity contribution is 5.99. The average molecular weight is 121 g/mol. The zero-order valence-corrected chi connectivity index (χ0v) is 5.59. The molecule has 0 amide bonds. The smallest absolute Gasteiger partial charge is 0.324 e. The summed E-state index contributed by atoms with van der Waals surface area (Å²) in [5.74, 6) is 0.676. The lowest BCUT2D eigenvalue weighted by Crippen LogP contribution is -1.89. The average Bonchev–Trinajstić information content (AvgIpc) is 1.88. The van der Waals surface area contributed by atoms with Crippen LogP contribution in [0.5, 0.6) is 5.88 Å². The highest BCUT2D eigenvalue weighted by Gasteiger charge is 1.87. The Balaban J connectivity index is 2.94. The second-order valence-corrected chi connectivity index (χ2v) is 1.82. The molecule has 0 spiro atoms. The fraction of sp³-hybridized carbons (Fsp3) is 0.167. The minimum Gasteiger partial charge on any atom is -0.555 e. The normalized spacial score (nSPS) is 9.00. The molecule has 0 bridgehead atoms. The van der Waals surface area contributed by atoms with Crippen molar-refractivity contribution in [3.05, 3.63) is 23.9 Å². The zero-order chi connectivity index (χ0) is 6.69. The number of aryl methyl sites for hydroxylation is 1. The molecule has 0 aromatic carbocycles. The molecule has 46 valence electrons. The predicted octanol–water partition coefficient (Wildman–Crippen LogP) is 0.317. The molecule has 0 N–H and O–H groups in total. The van der Waals surface area contributed by atoms with Crippen molar-refractivity contribution in [1.29, 1.82) is 0 Å². The molecule has 0 unspecified atom stereocenters. The molecule has 0 saturated carbocycles. The van der Waals surface area contributed by atoms with E-state index in [1.54, 1.807) is 8.05 Å². The fourth-order valence-corrected chi connectivity index (χ4v) is 0.632. The minimum absolute atomic E-state index is 0.676. The fourth-order valence-electron chi connectivity index (χ4n) is 0.632. The van der Waals surface area contributed by atoms with E-state index in [-0.39, 0.29) is 0 Å². The van der Waals surface area contributed by atoms with E-state index in [9.17, 15) is 0 Å². The standard InChI is InChI=1S/C6H8BNO/c1-5-3-2-4-6(8-5)9-7/h2-4H,7H2,1H3. The summed E-state index contributed by atoms with van der Waals surface area (Å²) < 4.78 is 4.88. The van der Waals surface area contributed by atoms with Gasteiger partial charge in [0.1, 0.15) is 0 Å². The van der Waals surface area contributed by atoms with Gasteiger partial charge in [-0.15, -0.1) is 0 Å². The molecule has 1 aromatic heterocycles. The first-order chi connectivity index (χ1) is 4.33. The Morgan fingerprint density at radius 3 is 2.78 bits per heavy atom. The van der Waals surface area contributed by atoms with Crippen molar-refractivity contribution < 1.29 is 4.65 Å². The van der Waals surface area contributed by atoms with Crippen LogP contribution in [0, 0.1) is 6.92 Å². The second kappa shape index (κ2) is 2.53. The highest BCUT2D eigenvalue weighted by atomic mass is 16.4. The van der Waals surface area contributed by atoms with Gasteiger partial charge in [-0.1, -0.05) is 6.07 Å². The summed E-state index contributed by atoms with van der Waals surface area (Å²) in [4.78, 5) is 4.07. The monoisotopic (exact) mass is 121 g/mol. The Morgan fingerprint density at radius 1 is 1.56 bits per heavy atom. The first kappa shape index (κ1) is 6.14. The van der Waals surface area contributed by atoms with Crippen LogP contribution >= 0.6 is 0 Å². The molecule has 1 rings (SSSR count). The van der Waals surface area contributed by atoms with E-state index < -0.39 is 0 Å². The molecule has 9 heavy (non-hydrogen) atoms. The summed E-state index contributed by atoms with van der Waals surface area (Å²) >= 11 is 0. The summed E-state index contributed by atoms with van der Waals surface area (Å²) in [7, 11) is 1.61. The molecular formula is C6H8BNO. The van der Waals surface area contributed by atoms with E-state index in [2.05, 4.69) is 4.98 Å². The van der Waals surface area contributed by atoms with Gasteiger partial charge in [0, 0.05) is 5.69 Å². The molecule has 0 aliphatic heterocycles. The van der Waals surface area contributed by atoms with Crippen LogP contribution in [0.25, 0.3) is 0 Å². The van der Waals surface area contributed by atoms with Crippen molar-refractivity contribution in [2.75, 3.05) is 0 Å². The Morgan fingerprint density at radius 2 is 2.33 bits per heavy atom. The number of aromatic nitrogens is 1. The molecule has 1 aromatic rings. The van der Waals surface area contributed by atoms with Gasteiger partial charge in [0.2, 0.25) is 0 Å². The first-order valence-electron chi connectivity index (χ1n) is 2.80. The summed E-state index contributed by atoms with van der Waals surface area (Å²) in [5.41, 5.74) is 0.981. The Labute approximate surface area is 55.3 Å². The van der Waals surface area contributed by atoms with Gasteiger partial charge in [-0.25, -0.2) is 4.98 Å². The number of nitrogens with zero attached hydrogens (tertiary/aromatic N) is 1. The van der Waals surface area contributed by atoms with Crippen LogP contribution in [-0.2, 0) is 0 Å². The van der Waals surface area contributed by atoms with E-state index >= 15 is 0 Å². The van der Waals surface area contributed by atoms with E-state index in [1.165, 1.54) is 0 Å². The molecular weight excluding hydrogens is 113 g/mol. The summed E-state index contributed by atoms with van der Waals surface area (Å²) in [5, 5.41) is 0. The lowest BCUT2D eigenvalue weighted by atomic mass is 10.4. The van der Waals surface area contributed by atoms with Gasteiger partial charge in [-0.2, -0.15) is 0 Å². The zero-order valence-electron chi connectivity index (χ0n) is 5.59. The van der Waals surface area contributed by atoms with Gasteiger partial charge in [-0.05, 0) is 19.1 Å². The molecule has 1 heterocycles. The number of hydrogen-bond donors (Lipinski definition) is 0. The molecule has 0 aliphatic carbocycles. The van der Waals surface area contributed by atoms with Gasteiger partial charge < -0.3 is 4.65 Å². The molecule has 0 fully saturated rings. The SMILES string of the molecule is BOc1cccc(C)n1. The predicted molar refractivity (Wildman–Crippen MR) is 38.1 cm³/mol. The van der Waals surface area contributed by atoms with Crippen molar-refractivity contribution in [2.24, 2.45) is 0 Å². The van der Waals surface area contributed by atoms with Gasteiger partial charge in [0.05, 0.1) is 0 Å². The maximum Gasteiger partial charge on any atom is 0.324 e. The van der Waals surface area contributed by atoms with Crippen LogP contribution in [0.1, 0.15) is 5.69 Å². The minimum atomic E-state index is 0.676. The third-order valence-corrected chi connectivity index (χ3v) is 1.07. The van der Waals surface area contributed by atoms with E-state index in [0.29, 0.717) is 5.88 Å². The first-order valence-corrected chi connectivity index (χ1v) is 2.80. The summed E-state index contributed by atoms with van der Waals surface area (Å²) in [6.45, 7) is 1.93. The number of rotatable bonds is 1. The van der Waals surface area contributed by atoms with Crippen molar-refractivity contribution in [3.8, 4) is 5.88 Å². The van der Waals surface area contributed by atoms with Crippen LogP contribution in [0.3, 0.4) is 0 Å². The van der Waals surface area contributed by atoms with Gasteiger partial charge >= 0.3 is 8.05 Å². The Kier molecular flexibility index (Phi) is 1.73. The Hall–Kier alpha value is -0.985. The lowest BCUT2D eigenvalue weighted by Gasteiger charge is -1.97. The quantitative estimate of drug-likeness (QED) is 0.499. The van der Waals surface area contributed by atoms with Crippen LogP contribution in [0.15, 0.2) is 18.2 Å². The van der Waals surface area contributed by atoms with Crippen molar-refractivity contribution in [3.63, 3.8) is 0 Å². The lowest BCUT2D eigenvalue weighted by molar-refractivity contribution is 0.586. The Bertz CT molecular complexity index is 202. The van der Waals surface area contributed by atoms with E-state index in [1.807, 2.05) is 25.1 Å². The van der Waals surface area contributed by atoms with Gasteiger partial charge in [-0.3, -0.25) is 0 Å². The third-order valence-electron chi connectivity index (χ3n) is 1.07. The molecule has 3 heteroatoms. The largest absolute Gasteiger partial charge is 0.555 e. The van der Waals surface area contributed by atoms with Crippen molar-refractivity contribution >= 4 is 8.05 Å². The van der Waals surface area contributed by atoms with E-state index in [4.69, 9.17) is 4.65 Å². The molecule has 0 aliphatic rings. The highest BCUT2D eigenvalue weighted by Crippen LogP contribution is 2.03. The summed E-state index contributed by atoms with van der Waals surface area (Å²) in [6, 6.07) is 5.68. The van der Waals surface area contributed by atoms with Gasteiger partial charge in [0.25, 0.3) is 0 Å². The van der Waals surface area contributed by atoms with Crippen LogP contribution in [0.4, 0.5) is 0 Å². The molecule has 0 saturated heterocycles. The molecule has 2 nitrogen and oxygen atoms in total. The molecule has 0 radical (unpaired) electrons. The number of hydrogen-bond acceptors (Lipinski definition) is 2. The van der Waals surface area contributed by atoms with Crippen molar-refractivity contribution in [2.45, 2.75) is 6.92 Å². The van der Waals surface area contributed by atoms with Crippen molar-refractivity contribution in [1.82, 2.24) is 4.98 Å². The van der Waals surface area contributed by atoms with E-state index in [0.717, 1.165) is 5.69 Å².